The van der Waals surface area contributed by atoms with Crippen molar-refractivity contribution in [3.8, 4) is 0 Å². The largest absolute Gasteiger partial charge is 0.388 e. The smallest absolute Gasteiger partial charge is 0.128 e. The van der Waals surface area contributed by atoms with Crippen molar-refractivity contribution in [1.29, 1.82) is 0 Å². The van der Waals surface area contributed by atoms with Crippen molar-refractivity contribution in [3.05, 3.63) is 35.6 Å². The second-order valence-electron chi connectivity index (χ2n) is 6.37. The molecule has 0 saturated carbocycles. The summed E-state index contributed by atoms with van der Waals surface area (Å²) in [7, 11) is 0. The third kappa shape index (κ3) is 4.04. The van der Waals surface area contributed by atoms with Crippen LogP contribution in [0.1, 0.15) is 57.6 Å². The van der Waals surface area contributed by atoms with Crippen molar-refractivity contribution in [3.63, 3.8) is 0 Å². The van der Waals surface area contributed by atoms with Crippen molar-refractivity contribution < 1.29 is 9.50 Å². The predicted octanol–water partition coefficient (Wildman–Crippen LogP) is 4.15. The van der Waals surface area contributed by atoms with Gasteiger partial charge >= 0.3 is 0 Å². The zero-order valence-corrected chi connectivity index (χ0v) is 13.3. The molecule has 1 aromatic rings. The van der Waals surface area contributed by atoms with E-state index in [-0.39, 0.29) is 5.82 Å². The molecule has 1 N–H and O–H groups in total. The molecule has 3 heteroatoms. The standard InChI is InChI=1S/C18H28FNO/c1-3-18(4-2)10-13-20(14-11-18)12-9-17(21)15-7-5-6-8-16(15)19/h5-8,17,21H,3-4,9-14H2,1-2H3. The fourth-order valence-corrected chi connectivity index (χ4v) is 3.41. The van der Waals surface area contributed by atoms with Crippen LogP contribution in [0.3, 0.4) is 0 Å². The van der Waals surface area contributed by atoms with Gasteiger partial charge in [-0.25, -0.2) is 4.39 Å². The van der Waals surface area contributed by atoms with E-state index >= 15 is 0 Å². The minimum atomic E-state index is -0.699. The van der Waals surface area contributed by atoms with Gasteiger partial charge in [-0.2, -0.15) is 0 Å². The van der Waals surface area contributed by atoms with Gasteiger partial charge in [0.1, 0.15) is 5.82 Å². The Morgan fingerprint density at radius 2 is 1.81 bits per heavy atom. The zero-order valence-electron chi connectivity index (χ0n) is 13.3. The van der Waals surface area contributed by atoms with E-state index in [2.05, 4.69) is 18.7 Å². The van der Waals surface area contributed by atoms with Gasteiger partial charge in [-0.3, -0.25) is 0 Å². The number of likely N-dealkylation sites (tertiary alicyclic amines) is 1. The van der Waals surface area contributed by atoms with Crippen LogP contribution in [0, 0.1) is 11.2 Å². The molecule has 1 heterocycles. The van der Waals surface area contributed by atoms with Gasteiger partial charge < -0.3 is 10.0 Å². The lowest BCUT2D eigenvalue weighted by Gasteiger charge is -2.41. The number of piperidine rings is 1. The second kappa shape index (κ2) is 7.37. The zero-order chi connectivity index (χ0) is 15.3. The van der Waals surface area contributed by atoms with Gasteiger partial charge in [0.15, 0.2) is 0 Å². The summed E-state index contributed by atoms with van der Waals surface area (Å²) in [5.41, 5.74) is 0.951. The highest BCUT2D eigenvalue weighted by Gasteiger charge is 2.31. The molecule has 2 rings (SSSR count). The average Bonchev–Trinajstić information content (AvgIpc) is 2.53. The fraction of sp³-hybridized carbons (Fsp3) is 0.667. The molecule has 1 aliphatic rings. The highest BCUT2D eigenvalue weighted by atomic mass is 19.1. The van der Waals surface area contributed by atoms with E-state index in [1.165, 1.54) is 31.7 Å². The molecule has 2 nitrogen and oxygen atoms in total. The molecular weight excluding hydrogens is 265 g/mol. The molecule has 1 atom stereocenters. The monoisotopic (exact) mass is 293 g/mol. The molecule has 1 aromatic carbocycles. The Kier molecular flexibility index (Phi) is 5.77. The fourth-order valence-electron chi connectivity index (χ4n) is 3.41. The Bertz CT molecular complexity index is 435. The van der Waals surface area contributed by atoms with Crippen LogP contribution in [-0.2, 0) is 0 Å². The van der Waals surface area contributed by atoms with Crippen LogP contribution in [0.2, 0.25) is 0 Å². The minimum Gasteiger partial charge on any atom is -0.388 e. The molecule has 0 aromatic heterocycles. The third-order valence-electron chi connectivity index (χ3n) is 5.40. The number of benzene rings is 1. The van der Waals surface area contributed by atoms with Gasteiger partial charge in [-0.15, -0.1) is 0 Å². The Morgan fingerprint density at radius 3 is 2.38 bits per heavy atom. The highest BCUT2D eigenvalue weighted by molar-refractivity contribution is 5.19. The molecule has 1 saturated heterocycles. The Balaban J connectivity index is 1.81. The lowest BCUT2D eigenvalue weighted by molar-refractivity contribution is 0.0774. The number of hydrogen-bond acceptors (Lipinski definition) is 2. The van der Waals surface area contributed by atoms with E-state index in [9.17, 15) is 9.50 Å². The van der Waals surface area contributed by atoms with E-state index in [0.717, 1.165) is 19.6 Å². The third-order valence-corrected chi connectivity index (χ3v) is 5.40. The van der Waals surface area contributed by atoms with Gasteiger partial charge in [0.05, 0.1) is 6.10 Å². The van der Waals surface area contributed by atoms with Crippen molar-refractivity contribution >= 4 is 0 Å². The maximum atomic E-state index is 13.6. The molecule has 1 aliphatic heterocycles. The van der Waals surface area contributed by atoms with Crippen LogP contribution in [0.4, 0.5) is 4.39 Å². The van der Waals surface area contributed by atoms with E-state index < -0.39 is 6.10 Å². The Hall–Kier alpha value is -0.930. The maximum absolute atomic E-state index is 13.6. The SMILES string of the molecule is CCC1(CC)CCN(CCC(O)c2ccccc2F)CC1. The van der Waals surface area contributed by atoms with Crippen LogP contribution >= 0.6 is 0 Å². The number of aliphatic hydroxyl groups excluding tert-OH is 1. The summed E-state index contributed by atoms with van der Waals surface area (Å²) in [5, 5.41) is 10.2. The van der Waals surface area contributed by atoms with Crippen molar-refractivity contribution in [2.24, 2.45) is 5.41 Å². The summed E-state index contributed by atoms with van der Waals surface area (Å²) in [6.07, 6.45) is 4.91. The van der Waals surface area contributed by atoms with E-state index in [1.54, 1.807) is 18.2 Å². The molecule has 0 bridgehead atoms. The number of rotatable bonds is 6. The first-order chi connectivity index (χ1) is 10.1. The van der Waals surface area contributed by atoms with Crippen LogP contribution in [0.25, 0.3) is 0 Å². The Labute approximate surface area is 128 Å². The minimum absolute atomic E-state index is 0.306. The summed E-state index contributed by atoms with van der Waals surface area (Å²) in [6, 6.07) is 6.52. The lowest BCUT2D eigenvalue weighted by atomic mass is 9.74. The highest BCUT2D eigenvalue weighted by Crippen LogP contribution is 2.38. The van der Waals surface area contributed by atoms with Gasteiger partial charge in [0.25, 0.3) is 0 Å². The number of hydrogen-bond donors (Lipinski definition) is 1. The van der Waals surface area contributed by atoms with Crippen LogP contribution in [-0.4, -0.2) is 29.6 Å². The first-order valence-electron chi connectivity index (χ1n) is 8.25. The van der Waals surface area contributed by atoms with Crippen molar-refractivity contribution in [1.82, 2.24) is 4.90 Å². The summed E-state index contributed by atoms with van der Waals surface area (Å²) in [6.45, 7) is 7.64. The van der Waals surface area contributed by atoms with E-state index in [0.29, 0.717) is 17.4 Å². The first-order valence-corrected chi connectivity index (χ1v) is 8.25. The number of halogens is 1. The normalized spacial score (nSPS) is 20.4. The second-order valence-corrected chi connectivity index (χ2v) is 6.37. The molecule has 1 unspecified atom stereocenters. The van der Waals surface area contributed by atoms with Crippen LogP contribution < -0.4 is 0 Å². The molecule has 118 valence electrons. The van der Waals surface area contributed by atoms with E-state index in [1.807, 2.05) is 0 Å². The molecule has 0 spiro atoms. The van der Waals surface area contributed by atoms with Crippen molar-refractivity contribution in [2.45, 2.75) is 52.1 Å². The summed E-state index contributed by atoms with van der Waals surface area (Å²) < 4.78 is 13.6. The first kappa shape index (κ1) is 16.4. The quantitative estimate of drug-likeness (QED) is 0.851. The molecule has 21 heavy (non-hydrogen) atoms. The van der Waals surface area contributed by atoms with Gasteiger partial charge in [0, 0.05) is 12.1 Å². The Morgan fingerprint density at radius 1 is 1.19 bits per heavy atom. The molecule has 0 radical (unpaired) electrons. The summed E-state index contributed by atoms with van der Waals surface area (Å²) >= 11 is 0. The number of nitrogens with zero attached hydrogens (tertiary/aromatic N) is 1. The number of aliphatic hydroxyl groups is 1. The lowest BCUT2D eigenvalue weighted by Crippen LogP contribution is -2.40. The van der Waals surface area contributed by atoms with Gasteiger partial charge in [-0.05, 0) is 43.8 Å². The van der Waals surface area contributed by atoms with E-state index in [4.69, 9.17) is 0 Å². The average molecular weight is 293 g/mol. The molecule has 1 fully saturated rings. The molecule has 0 amide bonds. The van der Waals surface area contributed by atoms with Crippen LogP contribution in [0.5, 0.6) is 0 Å². The molecule has 0 aliphatic carbocycles. The topological polar surface area (TPSA) is 23.5 Å². The van der Waals surface area contributed by atoms with Crippen LogP contribution in [0.15, 0.2) is 24.3 Å². The van der Waals surface area contributed by atoms with Gasteiger partial charge in [0.2, 0.25) is 0 Å². The summed E-state index contributed by atoms with van der Waals surface area (Å²) in [4.78, 5) is 2.41. The molecular formula is C18H28FNO. The van der Waals surface area contributed by atoms with Crippen molar-refractivity contribution in [2.75, 3.05) is 19.6 Å². The summed E-state index contributed by atoms with van der Waals surface area (Å²) in [5.74, 6) is -0.306. The van der Waals surface area contributed by atoms with Gasteiger partial charge in [-0.1, -0.05) is 44.9 Å². The predicted molar refractivity (Wildman–Crippen MR) is 84.7 cm³/mol. The maximum Gasteiger partial charge on any atom is 0.128 e.